The minimum absolute atomic E-state index is 0.0548. The maximum Gasteiger partial charge on any atom is 0.419 e. The second kappa shape index (κ2) is 9.34. The molecule has 1 aliphatic heterocycles. The molecule has 2 N–H and O–H groups in total. The fourth-order valence-corrected chi connectivity index (χ4v) is 4.10. The molecule has 0 saturated carbocycles. The molecule has 0 radical (unpaired) electrons. The van der Waals surface area contributed by atoms with E-state index < -0.39 is 42.6 Å². The molecule has 11 heteroatoms. The first-order chi connectivity index (χ1) is 16.2. The van der Waals surface area contributed by atoms with Crippen molar-refractivity contribution >= 4 is 18.2 Å². The molecule has 3 amide bonds. The highest BCUT2D eigenvalue weighted by Crippen LogP contribution is 2.38. The summed E-state index contributed by atoms with van der Waals surface area (Å²) in [5.74, 6) is -0.102. The molecule has 180 valence electrons. The number of methoxy groups -OCH3 is 1. The van der Waals surface area contributed by atoms with Gasteiger partial charge in [0.05, 0.1) is 19.3 Å². The van der Waals surface area contributed by atoms with E-state index in [-0.39, 0.29) is 17.9 Å². The standard InChI is InChI=1S/C23H22F3N3O5/c1-33-17-7-14(6-16(8-17)23(24,25)26)20-19(12-30)29(22(32)34-20)21(31)28-11-15-10-27-9-13-4-2-3-5-18(13)15/h3,5-10,19-20,30H,2,4,11-12H2,1H3,(H,28,31). The summed E-state index contributed by atoms with van der Waals surface area (Å²) in [5, 5.41) is 12.5. The molecule has 2 aliphatic rings. The molecular weight excluding hydrogens is 455 g/mol. The van der Waals surface area contributed by atoms with Crippen molar-refractivity contribution in [1.29, 1.82) is 0 Å². The number of amides is 3. The van der Waals surface area contributed by atoms with Crippen LogP contribution in [0.25, 0.3) is 6.08 Å². The Morgan fingerprint density at radius 3 is 2.82 bits per heavy atom. The minimum Gasteiger partial charge on any atom is -0.497 e. The van der Waals surface area contributed by atoms with Crippen LogP contribution in [-0.2, 0) is 23.9 Å². The number of nitrogens with zero attached hydrogens (tertiary/aromatic N) is 2. The fourth-order valence-electron chi connectivity index (χ4n) is 4.10. The van der Waals surface area contributed by atoms with Gasteiger partial charge in [-0.2, -0.15) is 13.2 Å². The van der Waals surface area contributed by atoms with Gasteiger partial charge in [-0.25, -0.2) is 14.5 Å². The summed E-state index contributed by atoms with van der Waals surface area (Å²) in [7, 11) is 1.20. The number of nitrogens with one attached hydrogen (secondary N) is 1. The van der Waals surface area contributed by atoms with E-state index in [2.05, 4.69) is 10.3 Å². The first kappa shape index (κ1) is 23.6. The zero-order valence-corrected chi connectivity index (χ0v) is 18.1. The number of fused-ring (bicyclic) bond motifs is 1. The van der Waals surface area contributed by atoms with E-state index in [9.17, 15) is 27.9 Å². The zero-order chi connectivity index (χ0) is 24.5. The Labute approximate surface area is 193 Å². The van der Waals surface area contributed by atoms with E-state index in [0.717, 1.165) is 41.7 Å². The zero-order valence-electron chi connectivity index (χ0n) is 18.1. The van der Waals surface area contributed by atoms with Crippen LogP contribution in [0, 0.1) is 0 Å². The Hall–Kier alpha value is -3.60. The lowest BCUT2D eigenvalue weighted by atomic mass is 9.96. The van der Waals surface area contributed by atoms with Crippen molar-refractivity contribution in [1.82, 2.24) is 15.2 Å². The molecule has 1 aromatic heterocycles. The van der Waals surface area contributed by atoms with E-state index in [0.29, 0.717) is 4.90 Å². The lowest BCUT2D eigenvalue weighted by molar-refractivity contribution is -0.137. The van der Waals surface area contributed by atoms with Gasteiger partial charge in [0.2, 0.25) is 0 Å². The van der Waals surface area contributed by atoms with Gasteiger partial charge in [0.1, 0.15) is 11.8 Å². The first-order valence-electron chi connectivity index (χ1n) is 10.5. The molecule has 2 atom stereocenters. The minimum atomic E-state index is -4.67. The van der Waals surface area contributed by atoms with E-state index in [1.54, 1.807) is 12.4 Å². The van der Waals surface area contributed by atoms with Crippen molar-refractivity contribution in [2.75, 3.05) is 13.7 Å². The number of hydrogen-bond donors (Lipinski definition) is 2. The normalized spacial score (nSPS) is 19.6. The second-order valence-electron chi connectivity index (χ2n) is 7.89. The molecule has 1 saturated heterocycles. The Bertz CT molecular complexity index is 1140. The molecule has 4 rings (SSSR count). The molecule has 2 aromatic rings. The summed E-state index contributed by atoms with van der Waals surface area (Å²) in [5.41, 5.74) is 1.67. The van der Waals surface area contributed by atoms with Crippen molar-refractivity contribution in [2.45, 2.75) is 37.7 Å². The number of aryl methyl sites for hydroxylation is 1. The smallest absolute Gasteiger partial charge is 0.419 e. The largest absolute Gasteiger partial charge is 0.497 e. The summed E-state index contributed by atoms with van der Waals surface area (Å²) in [6, 6.07) is 0.803. The van der Waals surface area contributed by atoms with Gasteiger partial charge in [0.15, 0.2) is 6.10 Å². The van der Waals surface area contributed by atoms with Crippen molar-refractivity contribution < 1.29 is 37.3 Å². The van der Waals surface area contributed by atoms with Crippen molar-refractivity contribution in [2.24, 2.45) is 0 Å². The first-order valence-corrected chi connectivity index (χ1v) is 10.5. The lowest BCUT2D eigenvalue weighted by Gasteiger charge is -2.23. The predicted molar refractivity (Wildman–Crippen MR) is 114 cm³/mol. The van der Waals surface area contributed by atoms with Gasteiger partial charge in [0, 0.05) is 18.9 Å². The molecule has 34 heavy (non-hydrogen) atoms. The number of benzene rings is 1. The summed E-state index contributed by atoms with van der Waals surface area (Å²) in [4.78, 5) is 30.2. The Morgan fingerprint density at radius 1 is 1.32 bits per heavy atom. The van der Waals surface area contributed by atoms with Gasteiger partial charge in [0.25, 0.3) is 0 Å². The number of urea groups is 1. The predicted octanol–water partition coefficient (Wildman–Crippen LogP) is 3.83. The summed E-state index contributed by atoms with van der Waals surface area (Å²) < 4.78 is 50.1. The van der Waals surface area contributed by atoms with Gasteiger partial charge in [-0.1, -0.05) is 12.2 Å². The number of halogens is 3. The number of rotatable bonds is 5. The molecule has 0 spiro atoms. The van der Waals surface area contributed by atoms with Crippen LogP contribution < -0.4 is 10.1 Å². The third-order valence-electron chi connectivity index (χ3n) is 5.78. The Morgan fingerprint density at radius 2 is 2.12 bits per heavy atom. The van der Waals surface area contributed by atoms with Gasteiger partial charge >= 0.3 is 18.3 Å². The highest BCUT2D eigenvalue weighted by atomic mass is 19.4. The van der Waals surface area contributed by atoms with Crippen LogP contribution in [0.15, 0.2) is 36.7 Å². The molecule has 8 nitrogen and oxygen atoms in total. The van der Waals surface area contributed by atoms with Crippen LogP contribution >= 0.6 is 0 Å². The number of allylic oxidation sites excluding steroid dienone is 1. The monoisotopic (exact) mass is 477 g/mol. The number of carbonyl (C=O) groups excluding carboxylic acids is 2. The average molecular weight is 477 g/mol. The van der Waals surface area contributed by atoms with Crippen molar-refractivity contribution in [3.63, 3.8) is 0 Å². The van der Waals surface area contributed by atoms with Crippen LogP contribution in [0.2, 0.25) is 0 Å². The van der Waals surface area contributed by atoms with Crippen LogP contribution in [0.1, 0.15) is 40.3 Å². The molecular formula is C23H22F3N3O5. The SMILES string of the molecule is COc1cc(C2OC(=O)N(C(=O)NCc3cncc4c3C=CCC4)C2CO)cc(C(F)(F)F)c1. The van der Waals surface area contributed by atoms with E-state index in [1.165, 1.54) is 13.2 Å². The summed E-state index contributed by atoms with van der Waals surface area (Å²) in [6.45, 7) is -0.656. The second-order valence-corrected chi connectivity index (χ2v) is 7.89. The third-order valence-corrected chi connectivity index (χ3v) is 5.78. The van der Waals surface area contributed by atoms with Gasteiger partial charge in [-0.15, -0.1) is 0 Å². The number of pyridine rings is 1. The Balaban J connectivity index is 1.55. The van der Waals surface area contributed by atoms with E-state index in [1.807, 2.05) is 12.2 Å². The average Bonchev–Trinajstić information content (AvgIpc) is 3.17. The molecule has 2 heterocycles. The number of ether oxygens (including phenoxy) is 2. The van der Waals surface area contributed by atoms with Crippen molar-refractivity contribution in [3.8, 4) is 5.75 Å². The van der Waals surface area contributed by atoms with Gasteiger partial charge < -0.3 is 19.9 Å². The van der Waals surface area contributed by atoms with E-state index in [4.69, 9.17) is 9.47 Å². The molecule has 1 aromatic carbocycles. The molecule has 1 aliphatic carbocycles. The van der Waals surface area contributed by atoms with Crippen LogP contribution in [-0.4, -0.2) is 46.9 Å². The highest BCUT2D eigenvalue weighted by Gasteiger charge is 2.46. The van der Waals surface area contributed by atoms with Gasteiger partial charge in [-0.3, -0.25) is 4.98 Å². The van der Waals surface area contributed by atoms with Crippen molar-refractivity contribution in [3.05, 3.63) is 64.5 Å². The maximum absolute atomic E-state index is 13.3. The van der Waals surface area contributed by atoms with Crippen LogP contribution in [0.3, 0.4) is 0 Å². The van der Waals surface area contributed by atoms with Crippen LogP contribution in [0.4, 0.5) is 22.8 Å². The maximum atomic E-state index is 13.3. The fraction of sp³-hybridized carbons (Fsp3) is 0.348. The van der Waals surface area contributed by atoms with Crippen LogP contribution in [0.5, 0.6) is 5.75 Å². The van der Waals surface area contributed by atoms with Gasteiger partial charge in [-0.05, 0) is 53.3 Å². The molecule has 0 bridgehead atoms. The number of aliphatic hydroxyl groups is 1. The molecule has 2 unspecified atom stereocenters. The lowest BCUT2D eigenvalue weighted by Crippen LogP contribution is -2.47. The van der Waals surface area contributed by atoms with E-state index >= 15 is 0 Å². The third kappa shape index (κ3) is 4.56. The number of aliphatic hydroxyl groups excluding tert-OH is 1. The number of carbonyl (C=O) groups is 2. The highest BCUT2D eigenvalue weighted by molar-refractivity contribution is 5.93. The number of hydrogen-bond acceptors (Lipinski definition) is 6. The number of cyclic esters (lactones) is 1. The number of alkyl halides is 3. The number of aromatic nitrogens is 1. The topological polar surface area (TPSA) is 101 Å². The summed E-state index contributed by atoms with van der Waals surface area (Å²) >= 11 is 0. The number of imide groups is 1. The quantitative estimate of drug-likeness (QED) is 0.679. The summed E-state index contributed by atoms with van der Waals surface area (Å²) in [6.07, 6.45) is 1.99. The Kier molecular flexibility index (Phi) is 6.47. The molecule has 1 fully saturated rings.